The predicted molar refractivity (Wildman–Crippen MR) is 436 cm³/mol. The summed E-state index contributed by atoms with van der Waals surface area (Å²) in [7, 11) is -4.16. The molecule has 14 aromatic carbocycles. The fraction of sp³-hybridized carbons (Fsp3) is 0.0225. The van der Waals surface area contributed by atoms with Crippen molar-refractivity contribution in [3.05, 3.63) is 429 Å². The van der Waals surface area contributed by atoms with Crippen LogP contribution in [-0.2, 0) is 39.9 Å². The third-order valence-electron chi connectivity index (χ3n) is 17.2. The Balaban J connectivity index is 0.000000207. The standard InChI is InChI=1S/3C24H21P.C8H7FN2O.C7H7BrFNO.2CN.Pd.Zn/c3*1-5-13-21(14-6-1)25(22-15-7-2-8-16-22,23-17-9-3-10-18-23)24-19-11-4-12-20-24;1-11-7-3-5(9)8(12-2)4-6(7)10;1-11-7-3-6(10)4(8)2-5(7)9;2*1-2;;/h3*1-20,25H;3-4H,10H2,2H3;2-3H,10H2,1H3;;;;/q;;;;;2*-1;;+2. The average molecular weight is 1630 g/mol. The summed E-state index contributed by atoms with van der Waals surface area (Å²) in [5.41, 5.74) is 11.7. The first kappa shape index (κ1) is 82.6. The third kappa shape index (κ3) is 19.7. The van der Waals surface area contributed by atoms with Crippen molar-refractivity contribution in [1.82, 2.24) is 0 Å². The van der Waals surface area contributed by atoms with Crippen LogP contribution in [0.15, 0.2) is 393 Å². The van der Waals surface area contributed by atoms with Gasteiger partial charge in [-0.05, 0) is 34.1 Å². The number of anilines is 2. The number of hydrogen-bond donors (Lipinski definition) is 2. The molecule has 0 aliphatic rings. The number of hydrogen-bond acceptors (Lipinski definition) is 6. The van der Waals surface area contributed by atoms with Crippen LogP contribution in [0, 0.1) is 41.9 Å². The van der Waals surface area contributed by atoms with E-state index in [1.165, 1.54) is 96.1 Å². The van der Waals surface area contributed by atoms with Crippen LogP contribution in [-0.4, -0.2) is 14.2 Å². The van der Waals surface area contributed by atoms with E-state index in [9.17, 15) is 8.78 Å². The van der Waals surface area contributed by atoms with Gasteiger partial charge in [-0.15, -0.1) is 0 Å². The second kappa shape index (κ2) is 42.9. The molecule has 0 unspecified atom stereocenters. The summed E-state index contributed by atoms with van der Waals surface area (Å²) in [4.78, 5) is 3.04. The van der Waals surface area contributed by atoms with Gasteiger partial charge in [0.05, 0.1) is 20.8 Å². The van der Waals surface area contributed by atoms with Gasteiger partial charge in [0.15, 0.2) is 23.1 Å². The molecule has 0 heterocycles. The van der Waals surface area contributed by atoms with Crippen LogP contribution >= 0.6 is 37.7 Å². The van der Waals surface area contributed by atoms with E-state index in [0.29, 0.717) is 10.2 Å². The quantitative estimate of drug-likeness (QED) is 0.0484. The molecule has 4 N–H and O–H groups in total. The van der Waals surface area contributed by atoms with Gasteiger partial charge in [0.25, 0.3) is 0 Å². The molecule has 14 aromatic rings. The molecule has 0 aromatic heterocycles. The van der Waals surface area contributed by atoms with E-state index < -0.39 is 33.4 Å². The fourth-order valence-corrected chi connectivity index (χ4v) is 27.4. The summed E-state index contributed by atoms with van der Waals surface area (Å²) < 4.78 is 35.6. The maximum absolute atomic E-state index is 12.9. The topological polar surface area (TPSA) is 122 Å². The number of nitrogens with two attached hydrogens (primary N) is 2. The zero-order chi connectivity index (χ0) is 72.4. The zero-order valence-electron chi connectivity index (χ0n) is 57.4. The zero-order valence-corrected chi connectivity index (χ0v) is 66.5. The molecule has 0 amide bonds. The Morgan fingerprint density at radius 2 is 0.452 bits per heavy atom. The summed E-state index contributed by atoms with van der Waals surface area (Å²) in [6.45, 7) is 16.1. The van der Waals surface area contributed by atoms with Crippen LogP contribution in [0.5, 0.6) is 11.5 Å². The number of benzene rings is 14. The van der Waals surface area contributed by atoms with Gasteiger partial charge in [0, 0.05) is 42.3 Å². The minimum atomic E-state index is -2.30. The van der Waals surface area contributed by atoms with Crippen LogP contribution in [0.1, 0.15) is 0 Å². The van der Waals surface area contributed by atoms with E-state index in [2.05, 4.69) is 389 Å². The fourth-order valence-electron chi connectivity index (χ4n) is 12.8. The second-order valence-corrected chi connectivity index (χ2v) is 35.1. The van der Waals surface area contributed by atoms with Crippen molar-refractivity contribution in [3.8, 4) is 11.5 Å². The van der Waals surface area contributed by atoms with E-state index in [1.54, 1.807) is 0 Å². The van der Waals surface area contributed by atoms with Gasteiger partial charge in [0.2, 0.25) is 5.69 Å². The van der Waals surface area contributed by atoms with E-state index >= 15 is 0 Å². The molecule has 0 saturated heterocycles. The first-order valence-electron chi connectivity index (χ1n) is 32.5. The molecule has 0 saturated carbocycles. The van der Waals surface area contributed by atoms with Gasteiger partial charge in [-0.1, -0.05) is 0 Å². The molecule has 15 heteroatoms. The second-order valence-electron chi connectivity index (χ2n) is 22.8. The molecule has 0 spiro atoms. The molecule has 0 bridgehead atoms. The van der Waals surface area contributed by atoms with Crippen LogP contribution in [0.2, 0.25) is 0 Å². The van der Waals surface area contributed by atoms with Gasteiger partial charge < -0.3 is 44.6 Å². The number of halogens is 3. The third-order valence-corrected chi connectivity index (χ3v) is 32.3. The molecule has 7 nitrogen and oxygen atoms in total. The van der Waals surface area contributed by atoms with Gasteiger partial charge in [0.1, 0.15) is 0 Å². The summed E-state index contributed by atoms with van der Waals surface area (Å²) >= 11 is 3.09. The first-order chi connectivity index (χ1) is 50.1. The molecule has 0 fully saturated rings. The molecule has 0 atom stereocenters. The molecular weight excluding hydrogens is 1550 g/mol. The Morgan fingerprint density at radius 1 is 0.298 bits per heavy atom. The molecule has 518 valence electrons. The SMILES string of the molecule is COc1cc(N)c(Br)cc1F.[C-]#N.[C-]#N.[C-]#[N+]c1cc(F)c(OC)cc1N.[Pd].[Zn+2].c1ccc([PH](c2ccccc2)(c2ccccc2)c2ccccc2)cc1.c1ccc([PH](c2ccccc2)(c2ccccc2)c2ccccc2)cc1.c1ccc([PH](c2ccccc2)(c2ccccc2)c2ccccc2)cc1. The van der Waals surface area contributed by atoms with E-state index in [0.717, 1.165) is 6.07 Å². The van der Waals surface area contributed by atoms with Gasteiger partial charge in [-0.25, -0.2) is 13.6 Å². The Kier molecular flexibility index (Phi) is 34.1. The van der Waals surface area contributed by atoms with Crippen LogP contribution < -0.4 is 84.6 Å². The van der Waals surface area contributed by atoms with Crippen LogP contribution in [0.4, 0.5) is 25.8 Å². The molecule has 0 aliphatic carbocycles. The molecule has 0 aliphatic heterocycles. The summed E-state index contributed by atoms with van der Waals surface area (Å²) in [6, 6.07) is 137. The monoisotopic (exact) mass is 1630 g/mol. The van der Waals surface area contributed by atoms with E-state index in [1.807, 2.05) is 0 Å². The van der Waals surface area contributed by atoms with Crippen molar-refractivity contribution in [3.63, 3.8) is 0 Å². The normalized spacial score (nSPS) is 10.7. The Hall–Kier alpha value is -10.3. The first-order valence-corrected chi connectivity index (χ1v) is 39.3. The van der Waals surface area contributed by atoms with E-state index in [4.69, 9.17) is 46.4 Å². The van der Waals surface area contributed by atoms with Crippen molar-refractivity contribution >= 4 is 118 Å². The summed E-state index contributed by atoms with van der Waals surface area (Å²) in [5, 5.41) is 29.5. The number of nitrogen functional groups attached to an aromatic ring is 2. The van der Waals surface area contributed by atoms with Crippen LogP contribution in [0.25, 0.3) is 4.85 Å². The maximum atomic E-state index is 12.9. The van der Waals surface area contributed by atoms with Gasteiger partial charge in [-0.3, -0.25) is 0 Å². The van der Waals surface area contributed by atoms with E-state index in [-0.39, 0.29) is 62.8 Å². The summed E-state index contributed by atoms with van der Waals surface area (Å²) in [6.07, 6.45) is 0. The average Bonchev–Trinajstić information content (AvgIpc) is 0.752. The number of nitrogens with zero attached hydrogens (tertiary/aromatic N) is 3. The Morgan fingerprint density at radius 3 is 0.606 bits per heavy atom. The van der Waals surface area contributed by atoms with Gasteiger partial charge in [-0.2, -0.15) is 0 Å². The number of ether oxygens (including phenoxy) is 2. The van der Waals surface area contributed by atoms with Crippen molar-refractivity contribution in [1.29, 1.82) is 10.5 Å². The summed E-state index contributed by atoms with van der Waals surface area (Å²) in [5.74, 6) is -0.781. The number of rotatable bonds is 14. The van der Waals surface area contributed by atoms with Crippen molar-refractivity contribution < 1.29 is 58.2 Å². The molecule has 0 radical (unpaired) electrons. The molecule has 104 heavy (non-hydrogen) atoms. The van der Waals surface area contributed by atoms with Gasteiger partial charge >= 0.3 is 469 Å². The van der Waals surface area contributed by atoms with Crippen molar-refractivity contribution in [2.24, 2.45) is 0 Å². The molecular formula is C89H77BrF2N5O2P3PdZn. The number of methoxy groups -OCH3 is 2. The molecule has 14 rings (SSSR count). The Labute approximate surface area is 647 Å². The van der Waals surface area contributed by atoms with Crippen molar-refractivity contribution in [2.75, 3.05) is 25.7 Å². The minimum absolute atomic E-state index is 0. The van der Waals surface area contributed by atoms with Crippen molar-refractivity contribution in [2.45, 2.75) is 0 Å². The Bertz CT molecular complexity index is 3990. The van der Waals surface area contributed by atoms with Crippen LogP contribution in [0.3, 0.4) is 0 Å². The predicted octanol–water partition coefficient (Wildman–Crippen LogP) is 16.4.